The van der Waals surface area contributed by atoms with Gasteiger partial charge in [-0.15, -0.1) is 0 Å². The van der Waals surface area contributed by atoms with E-state index in [2.05, 4.69) is 58.8 Å². The van der Waals surface area contributed by atoms with Gasteiger partial charge >= 0.3 is 0 Å². The van der Waals surface area contributed by atoms with Crippen LogP contribution in [0.2, 0.25) is 0 Å². The van der Waals surface area contributed by atoms with Gasteiger partial charge in [0, 0.05) is 0 Å². The smallest absolute Gasteiger partial charge is 0.240 e. The van der Waals surface area contributed by atoms with Gasteiger partial charge in [-0.3, -0.25) is 5.32 Å². The first-order valence-electron chi connectivity index (χ1n) is 7.89. The Morgan fingerprint density at radius 3 is 2.17 bits per heavy atom. The number of ether oxygens (including phenoxy) is 1. The van der Waals surface area contributed by atoms with Crippen molar-refractivity contribution >= 4 is 0 Å². The van der Waals surface area contributed by atoms with Gasteiger partial charge < -0.3 is 9.26 Å². The second-order valence-corrected chi connectivity index (χ2v) is 5.73. The summed E-state index contributed by atoms with van der Waals surface area (Å²) in [5.41, 5.74) is 3.57. The number of rotatable bonds is 6. The van der Waals surface area contributed by atoms with Gasteiger partial charge in [-0.1, -0.05) is 47.1 Å². The molecule has 1 unspecified atom stereocenters. The highest BCUT2D eigenvalue weighted by molar-refractivity contribution is 5.36. The molecule has 0 saturated heterocycles. The van der Waals surface area contributed by atoms with Gasteiger partial charge in [0.05, 0.1) is 19.7 Å². The molecule has 5 heteroatoms. The number of benzene rings is 2. The van der Waals surface area contributed by atoms with Crippen molar-refractivity contribution in [2.24, 2.45) is 0 Å². The predicted molar refractivity (Wildman–Crippen MR) is 91.9 cm³/mol. The van der Waals surface area contributed by atoms with Gasteiger partial charge in [-0.2, -0.15) is 4.98 Å². The lowest BCUT2D eigenvalue weighted by atomic mass is 9.97. The van der Waals surface area contributed by atoms with E-state index in [-0.39, 0.29) is 6.04 Å². The molecule has 5 nitrogen and oxygen atoms in total. The van der Waals surface area contributed by atoms with Crippen LogP contribution in [0.4, 0.5) is 0 Å². The summed E-state index contributed by atoms with van der Waals surface area (Å²) in [6, 6.07) is 16.6. The third-order valence-electron chi connectivity index (χ3n) is 3.89. The maximum atomic E-state index is 5.25. The number of nitrogens with one attached hydrogen (secondary N) is 1. The van der Waals surface area contributed by atoms with E-state index in [1.165, 1.54) is 11.1 Å². The first-order valence-corrected chi connectivity index (χ1v) is 7.89. The summed E-state index contributed by atoms with van der Waals surface area (Å²) in [6.07, 6.45) is 0. The lowest BCUT2D eigenvalue weighted by molar-refractivity contribution is 0.359. The molecule has 0 aliphatic rings. The fraction of sp³-hybridized carbons (Fsp3) is 0.263. The number of aromatic nitrogens is 2. The van der Waals surface area contributed by atoms with Crippen LogP contribution in [0.15, 0.2) is 53.1 Å². The predicted octanol–water partition coefficient (Wildman–Crippen LogP) is 3.57. The highest BCUT2D eigenvalue weighted by atomic mass is 16.5. The topological polar surface area (TPSA) is 60.2 Å². The highest BCUT2D eigenvalue weighted by Crippen LogP contribution is 2.25. The van der Waals surface area contributed by atoms with Crippen LogP contribution in [0.25, 0.3) is 0 Å². The number of nitrogens with zero attached hydrogens (tertiary/aromatic N) is 2. The van der Waals surface area contributed by atoms with Crippen molar-refractivity contribution < 1.29 is 9.26 Å². The molecule has 1 heterocycles. The molecule has 0 spiro atoms. The van der Waals surface area contributed by atoms with Gasteiger partial charge in [0.1, 0.15) is 5.75 Å². The van der Waals surface area contributed by atoms with Crippen LogP contribution in [-0.4, -0.2) is 17.3 Å². The Morgan fingerprint density at radius 1 is 1.00 bits per heavy atom. The van der Waals surface area contributed by atoms with Crippen molar-refractivity contribution in [1.82, 2.24) is 15.5 Å². The molecule has 1 N–H and O–H groups in total. The van der Waals surface area contributed by atoms with E-state index in [4.69, 9.17) is 9.26 Å². The number of hydrogen-bond donors (Lipinski definition) is 1. The van der Waals surface area contributed by atoms with Crippen molar-refractivity contribution in [2.45, 2.75) is 26.4 Å². The van der Waals surface area contributed by atoms with E-state index in [0.717, 1.165) is 11.3 Å². The summed E-state index contributed by atoms with van der Waals surface area (Å²) >= 11 is 0. The minimum Gasteiger partial charge on any atom is -0.497 e. The Bertz CT molecular complexity index is 779. The number of methoxy groups -OCH3 is 1. The first kappa shape index (κ1) is 16.2. The molecule has 0 fully saturated rings. The van der Waals surface area contributed by atoms with Crippen LogP contribution >= 0.6 is 0 Å². The summed E-state index contributed by atoms with van der Waals surface area (Å²) in [4.78, 5) is 4.25. The van der Waals surface area contributed by atoms with Gasteiger partial charge in [0.25, 0.3) is 0 Å². The standard InChI is InChI=1S/C19H21N3O2/c1-13-4-6-15(7-5-13)19(16-8-10-17(23-3)11-9-16)20-12-18-21-14(2)22-24-18/h4-11,19-20H,12H2,1-3H3. The van der Waals surface area contributed by atoms with Crippen LogP contribution in [0.3, 0.4) is 0 Å². The number of hydrogen-bond acceptors (Lipinski definition) is 5. The molecule has 0 aliphatic heterocycles. The number of aryl methyl sites for hydroxylation is 2. The molecule has 124 valence electrons. The molecule has 0 amide bonds. The highest BCUT2D eigenvalue weighted by Gasteiger charge is 2.15. The van der Waals surface area contributed by atoms with Crippen molar-refractivity contribution in [3.8, 4) is 5.75 Å². The summed E-state index contributed by atoms with van der Waals surface area (Å²) in [5, 5.41) is 7.33. The van der Waals surface area contributed by atoms with Crippen molar-refractivity contribution in [1.29, 1.82) is 0 Å². The van der Waals surface area contributed by atoms with Gasteiger partial charge in [-0.25, -0.2) is 0 Å². The molecule has 3 rings (SSSR count). The van der Waals surface area contributed by atoms with Gasteiger partial charge in [-0.05, 0) is 37.1 Å². The van der Waals surface area contributed by atoms with E-state index in [1.807, 2.05) is 19.1 Å². The zero-order valence-corrected chi connectivity index (χ0v) is 14.1. The van der Waals surface area contributed by atoms with E-state index >= 15 is 0 Å². The molecule has 0 aliphatic carbocycles. The molecule has 3 aromatic rings. The summed E-state index contributed by atoms with van der Waals surface area (Å²) < 4.78 is 10.4. The molecule has 1 aromatic heterocycles. The summed E-state index contributed by atoms with van der Waals surface area (Å²) in [6.45, 7) is 4.40. The van der Waals surface area contributed by atoms with Crippen molar-refractivity contribution in [3.63, 3.8) is 0 Å². The Kier molecular flexibility index (Phi) is 4.91. The van der Waals surface area contributed by atoms with E-state index < -0.39 is 0 Å². The first-order chi connectivity index (χ1) is 11.7. The van der Waals surface area contributed by atoms with Crippen LogP contribution in [-0.2, 0) is 6.54 Å². The quantitative estimate of drug-likeness (QED) is 0.751. The average Bonchev–Trinajstić information content (AvgIpc) is 3.02. The van der Waals surface area contributed by atoms with E-state index in [0.29, 0.717) is 18.3 Å². The van der Waals surface area contributed by atoms with Crippen LogP contribution in [0, 0.1) is 13.8 Å². The molecule has 0 bridgehead atoms. The Labute approximate surface area is 141 Å². The maximum absolute atomic E-state index is 5.25. The zero-order chi connectivity index (χ0) is 16.9. The van der Waals surface area contributed by atoms with E-state index in [9.17, 15) is 0 Å². The molecule has 0 saturated carbocycles. The average molecular weight is 323 g/mol. The molecular formula is C19H21N3O2. The normalized spacial score (nSPS) is 12.1. The molecule has 0 radical (unpaired) electrons. The van der Waals surface area contributed by atoms with Gasteiger partial charge in [0.2, 0.25) is 5.89 Å². The van der Waals surface area contributed by atoms with Gasteiger partial charge in [0.15, 0.2) is 5.82 Å². The third kappa shape index (κ3) is 3.81. The van der Waals surface area contributed by atoms with Crippen LogP contribution in [0.5, 0.6) is 5.75 Å². The molecular weight excluding hydrogens is 302 g/mol. The minimum absolute atomic E-state index is 0.0312. The van der Waals surface area contributed by atoms with Crippen molar-refractivity contribution in [3.05, 3.63) is 76.9 Å². The maximum Gasteiger partial charge on any atom is 0.240 e. The Balaban J connectivity index is 1.85. The second kappa shape index (κ2) is 7.27. The second-order valence-electron chi connectivity index (χ2n) is 5.73. The fourth-order valence-electron chi connectivity index (χ4n) is 2.58. The van der Waals surface area contributed by atoms with Crippen LogP contribution < -0.4 is 10.1 Å². The molecule has 1 atom stereocenters. The Hall–Kier alpha value is -2.66. The fourth-order valence-corrected chi connectivity index (χ4v) is 2.58. The zero-order valence-electron chi connectivity index (χ0n) is 14.1. The third-order valence-corrected chi connectivity index (χ3v) is 3.89. The Morgan fingerprint density at radius 2 is 1.62 bits per heavy atom. The van der Waals surface area contributed by atoms with Crippen molar-refractivity contribution in [2.75, 3.05) is 7.11 Å². The monoisotopic (exact) mass is 323 g/mol. The molecule has 2 aromatic carbocycles. The summed E-state index contributed by atoms with van der Waals surface area (Å²) in [7, 11) is 1.67. The van der Waals surface area contributed by atoms with Crippen LogP contribution in [0.1, 0.15) is 34.4 Å². The minimum atomic E-state index is 0.0312. The lowest BCUT2D eigenvalue weighted by Crippen LogP contribution is -2.22. The molecule has 24 heavy (non-hydrogen) atoms. The lowest BCUT2D eigenvalue weighted by Gasteiger charge is -2.19. The summed E-state index contributed by atoms with van der Waals surface area (Å²) in [5.74, 6) is 2.06. The van der Waals surface area contributed by atoms with E-state index in [1.54, 1.807) is 7.11 Å². The SMILES string of the molecule is COc1ccc(C(NCc2nc(C)no2)c2ccc(C)cc2)cc1. The largest absolute Gasteiger partial charge is 0.497 e.